The van der Waals surface area contributed by atoms with E-state index < -0.39 is 5.97 Å². The summed E-state index contributed by atoms with van der Waals surface area (Å²) in [6.07, 6.45) is 5.15. The number of carboxylic acids is 1. The number of ketones is 1. The number of carboxylic acid groups (broad SMARTS) is 1. The maximum Gasteiger partial charge on any atom is 0.335 e. The van der Waals surface area contributed by atoms with E-state index in [0.717, 1.165) is 10.5 Å². The Hall–Kier alpha value is -2.33. The van der Waals surface area contributed by atoms with E-state index in [1.165, 1.54) is 18.2 Å². The fourth-order valence-electron chi connectivity index (χ4n) is 1.76. The van der Waals surface area contributed by atoms with Crippen LogP contribution in [0.25, 0.3) is 6.08 Å². The Morgan fingerprint density at radius 1 is 0.952 bits per heavy atom. The van der Waals surface area contributed by atoms with Gasteiger partial charge < -0.3 is 5.11 Å². The summed E-state index contributed by atoms with van der Waals surface area (Å²) < 4.78 is 0. The molecule has 4 heteroatoms. The number of allylic oxidation sites excluding steroid dienone is 1. The van der Waals surface area contributed by atoms with Crippen LogP contribution >= 0.6 is 11.8 Å². The van der Waals surface area contributed by atoms with Crippen molar-refractivity contribution < 1.29 is 14.7 Å². The predicted octanol–water partition coefficient (Wildman–Crippen LogP) is 4.00. The molecule has 0 atom stereocenters. The van der Waals surface area contributed by atoms with Gasteiger partial charge in [-0.25, -0.2) is 4.79 Å². The van der Waals surface area contributed by atoms with E-state index >= 15 is 0 Å². The SMILES string of the molecule is CSc1ccc(C(=O)/C=C/c2ccc(C(=O)O)cc2)cc1. The van der Waals surface area contributed by atoms with E-state index in [0.29, 0.717) is 5.56 Å². The zero-order valence-electron chi connectivity index (χ0n) is 11.4. The van der Waals surface area contributed by atoms with Crippen molar-refractivity contribution >= 4 is 29.6 Å². The standard InChI is InChI=1S/C17H14O3S/c1-21-15-9-7-13(8-10-15)16(18)11-4-12-2-5-14(6-3-12)17(19)20/h2-11H,1H3,(H,19,20)/b11-4+. The number of carbonyl (C=O) groups is 2. The van der Waals surface area contributed by atoms with Crippen LogP contribution in [-0.4, -0.2) is 23.1 Å². The van der Waals surface area contributed by atoms with E-state index in [1.807, 2.05) is 18.4 Å². The molecule has 0 aliphatic rings. The molecule has 0 saturated heterocycles. The lowest BCUT2D eigenvalue weighted by molar-refractivity contribution is 0.0696. The highest BCUT2D eigenvalue weighted by Crippen LogP contribution is 2.15. The van der Waals surface area contributed by atoms with E-state index in [2.05, 4.69) is 0 Å². The van der Waals surface area contributed by atoms with Crippen LogP contribution in [0.15, 0.2) is 59.5 Å². The molecule has 0 radical (unpaired) electrons. The van der Waals surface area contributed by atoms with Crippen molar-refractivity contribution in [3.05, 3.63) is 71.3 Å². The lowest BCUT2D eigenvalue weighted by atomic mass is 10.1. The Labute approximate surface area is 127 Å². The fourth-order valence-corrected chi connectivity index (χ4v) is 2.17. The van der Waals surface area contributed by atoms with Crippen molar-refractivity contribution in [3.63, 3.8) is 0 Å². The molecular formula is C17H14O3S. The zero-order valence-corrected chi connectivity index (χ0v) is 12.3. The van der Waals surface area contributed by atoms with Crippen molar-refractivity contribution in [2.24, 2.45) is 0 Å². The summed E-state index contributed by atoms with van der Waals surface area (Å²) in [5, 5.41) is 8.81. The van der Waals surface area contributed by atoms with Crippen LogP contribution in [0.3, 0.4) is 0 Å². The lowest BCUT2D eigenvalue weighted by Gasteiger charge is -1.99. The molecule has 0 unspecified atom stereocenters. The first-order valence-electron chi connectivity index (χ1n) is 6.30. The van der Waals surface area contributed by atoms with Gasteiger partial charge in [0.1, 0.15) is 0 Å². The molecule has 0 spiro atoms. The van der Waals surface area contributed by atoms with Crippen LogP contribution in [0.5, 0.6) is 0 Å². The van der Waals surface area contributed by atoms with Crippen molar-refractivity contribution in [2.45, 2.75) is 4.90 Å². The minimum Gasteiger partial charge on any atom is -0.478 e. The van der Waals surface area contributed by atoms with Gasteiger partial charge >= 0.3 is 5.97 Å². The molecule has 0 aliphatic heterocycles. The highest BCUT2D eigenvalue weighted by Gasteiger charge is 2.03. The molecule has 21 heavy (non-hydrogen) atoms. The summed E-state index contributed by atoms with van der Waals surface area (Å²) in [5.74, 6) is -1.04. The van der Waals surface area contributed by atoms with E-state index in [1.54, 1.807) is 42.1 Å². The molecule has 0 amide bonds. The van der Waals surface area contributed by atoms with Crippen molar-refractivity contribution in [3.8, 4) is 0 Å². The molecule has 2 aromatic rings. The Morgan fingerprint density at radius 3 is 2.05 bits per heavy atom. The Morgan fingerprint density at radius 2 is 1.52 bits per heavy atom. The van der Waals surface area contributed by atoms with E-state index in [9.17, 15) is 9.59 Å². The van der Waals surface area contributed by atoms with Gasteiger partial charge in [0.15, 0.2) is 5.78 Å². The van der Waals surface area contributed by atoms with Crippen LogP contribution in [0.4, 0.5) is 0 Å². The number of rotatable bonds is 5. The van der Waals surface area contributed by atoms with Gasteiger partial charge in [-0.05, 0) is 54.3 Å². The number of carbonyl (C=O) groups excluding carboxylic acids is 1. The van der Waals surface area contributed by atoms with Gasteiger partial charge in [-0.15, -0.1) is 11.8 Å². The molecule has 0 fully saturated rings. The van der Waals surface area contributed by atoms with Crippen LogP contribution in [0, 0.1) is 0 Å². The number of benzene rings is 2. The molecule has 2 rings (SSSR count). The van der Waals surface area contributed by atoms with Gasteiger partial charge in [-0.3, -0.25) is 4.79 Å². The number of hydrogen-bond acceptors (Lipinski definition) is 3. The second-order valence-corrected chi connectivity index (χ2v) is 5.23. The second kappa shape index (κ2) is 6.90. The minimum absolute atomic E-state index is 0.0787. The Bertz CT molecular complexity index is 670. The van der Waals surface area contributed by atoms with Crippen molar-refractivity contribution in [1.29, 1.82) is 0 Å². The Balaban J connectivity index is 2.08. The van der Waals surface area contributed by atoms with Crippen LogP contribution in [0.1, 0.15) is 26.3 Å². The third kappa shape index (κ3) is 4.07. The summed E-state index contributed by atoms with van der Waals surface area (Å²) in [4.78, 5) is 23.9. The maximum atomic E-state index is 12.0. The average molecular weight is 298 g/mol. The average Bonchev–Trinajstić information content (AvgIpc) is 2.53. The molecular weight excluding hydrogens is 284 g/mol. The van der Waals surface area contributed by atoms with Gasteiger partial charge in [-0.1, -0.05) is 18.2 Å². The van der Waals surface area contributed by atoms with Gasteiger partial charge in [0.25, 0.3) is 0 Å². The second-order valence-electron chi connectivity index (χ2n) is 4.35. The number of thioether (sulfide) groups is 1. The fraction of sp³-hybridized carbons (Fsp3) is 0.0588. The summed E-state index contributed by atoms with van der Waals surface area (Å²) >= 11 is 1.63. The molecule has 106 valence electrons. The number of hydrogen-bond donors (Lipinski definition) is 1. The predicted molar refractivity (Wildman–Crippen MR) is 85.0 cm³/mol. The third-order valence-electron chi connectivity index (χ3n) is 2.96. The zero-order chi connectivity index (χ0) is 15.2. The molecule has 2 aromatic carbocycles. The first-order valence-corrected chi connectivity index (χ1v) is 7.52. The van der Waals surface area contributed by atoms with Crippen molar-refractivity contribution in [1.82, 2.24) is 0 Å². The molecule has 1 N–H and O–H groups in total. The first kappa shape index (κ1) is 15.1. The van der Waals surface area contributed by atoms with E-state index in [-0.39, 0.29) is 11.3 Å². The summed E-state index contributed by atoms with van der Waals surface area (Å²) in [7, 11) is 0. The monoisotopic (exact) mass is 298 g/mol. The highest BCUT2D eigenvalue weighted by molar-refractivity contribution is 7.98. The largest absolute Gasteiger partial charge is 0.478 e. The van der Waals surface area contributed by atoms with Gasteiger partial charge in [-0.2, -0.15) is 0 Å². The molecule has 0 aliphatic carbocycles. The first-order chi connectivity index (χ1) is 10.1. The molecule has 3 nitrogen and oxygen atoms in total. The van der Waals surface area contributed by atoms with Crippen LogP contribution in [0.2, 0.25) is 0 Å². The quantitative estimate of drug-likeness (QED) is 0.515. The summed E-state index contributed by atoms with van der Waals surface area (Å²) in [6, 6.07) is 13.8. The van der Waals surface area contributed by atoms with Gasteiger partial charge in [0.2, 0.25) is 0 Å². The minimum atomic E-state index is -0.963. The third-order valence-corrected chi connectivity index (χ3v) is 3.70. The summed E-state index contributed by atoms with van der Waals surface area (Å²) in [6.45, 7) is 0. The Kier molecular flexibility index (Phi) is 4.95. The van der Waals surface area contributed by atoms with E-state index in [4.69, 9.17) is 5.11 Å². The van der Waals surface area contributed by atoms with Crippen LogP contribution in [-0.2, 0) is 0 Å². The maximum absolute atomic E-state index is 12.0. The van der Waals surface area contributed by atoms with Crippen molar-refractivity contribution in [2.75, 3.05) is 6.26 Å². The van der Waals surface area contributed by atoms with Crippen LogP contribution < -0.4 is 0 Å². The normalized spacial score (nSPS) is 10.7. The van der Waals surface area contributed by atoms with Gasteiger partial charge in [0, 0.05) is 10.5 Å². The topological polar surface area (TPSA) is 54.4 Å². The highest BCUT2D eigenvalue weighted by atomic mass is 32.2. The molecule has 0 saturated carbocycles. The molecule has 0 aromatic heterocycles. The van der Waals surface area contributed by atoms with Gasteiger partial charge in [0.05, 0.1) is 5.56 Å². The summed E-state index contributed by atoms with van der Waals surface area (Å²) in [5.41, 5.74) is 1.64. The number of aromatic carboxylic acids is 1. The smallest absolute Gasteiger partial charge is 0.335 e. The molecule has 0 bridgehead atoms. The lowest BCUT2D eigenvalue weighted by Crippen LogP contribution is -1.95. The molecule has 0 heterocycles.